The fraction of sp³-hybridized carbons (Fsp3) is 0.0833. The maximum absolute atomic E-state index is 11.9. The number of nitrogens with two attached hydrogens (primary N) is 1. The molecule has 0 aliphatic carbocycles. The number of pyridine rings is 1. The van der Waals surface area contributed by atoms with Crippen molar-refractivity contribution in [2.45, 2.75) is 6.54 Å². The van der Waals surface area contributed by atoms with E-state index in [2.05, 4.69) is 5.10 Å². The average Bonchev–Trinajstić information content (AvgIpc) is 2.75. The molecule has 0 saturated carbocycles. The number of aromatic nitrogens is 3. The average molecular weight is 333 g/mol. The second-order valence-electron chi connectivity index (χ2n) is 3.67. The maximum atomic E-state index is 11.9. The molecular formula is C12H9BrN6O. The zero-order valence-corrected chi connectivity index (χ0v) is 11.8. The van der Waals surface area contributed by atoms with E-state index in [0.717, 1.165) is 4.68 Å². The normalized spacial score (nSPS) is 9.10. The Morgan fingerprint density at radius 3 is 2.45 bits per heavy atom. The highest BCUT2D eigenvalue weighted by Crippen LogP contribution is 2.14. The first-order valence-corrected chi connectivity index (χ1v) is 5.33. The van der Waals surface area contributed by atoms with Gasteiger partial charge in [-0.3, -0.25) is 0 Å². The van der Waals surface area contributed by atoms with Crippen molar-refractivity contribution in [2.75, 3.05) is 5.73 Å². The summed E-state index contributed by atoms with van der Waals surface area (Å²) < 4.78 is 2.53. The highest BCUT2D eigenvalue weighted by atomic mass is 79.9. The number of nitriles is 2. The largest absolute Gasteiger partial charge is 1.00 e. The van der Waals surface area contributed by atoms with Crippen LogP contribution in [-0.4, -0.2) is 15.7 Å². The first kappa shape index (κ1) is 15.3. The van der Waals surface area contributed by atoms with Crippen LogP contribution in [0.25, 0.3) is 0 Å². The van der Waals surface area contributed by atoms with Crippen LogP contribution in [0, 0.1) is 22.7 Å². The van der Waals surface area contributed by atoms with Gasteiger partial charge in [0.25, 0.3) is 0 Å². The number of nitrogens with zero attached hydrogens (tertiary/aromatic N) is 5. The molecule has 0 unspecified atom stereocenters. The molecule has 0 fully saturated rings. The van der Waals surface area contributed by atoms with Crippen LogP contribution in [0.2, 0.25) is 0 Å². The molecule has 2 rings (SSSR count). The molecule has 0 amide bonds. The number of nitrogen functional groups attached to an aromatic ring is 1. The Kier molecular flexibility index (Phi) is 4.95. The lowest BCUT2D eigenvalue weighted by Gasteiger charge is -1.99. The summed E-state index contributed by atoms with van der Waals surface area (Å²) in [6, 6.07) is 8.78. The molecule has 100 valence electrons. The van der Waals surface area contributed by atoms with Crippen LogP contribution in [0.15, 0.2) is 30.6 Å². The molecule has 0 atom stereocenters. The van der Waals surface area contributed by atoms with Crippen molar-refractivity contribution >= 4 is 11.7 Å². The standard InChI is InChI=1S/C12H9N6O.BrH/c13-6-9-10(7-14)16-18(12(9)15)8-11(19)17-4-2-1-3-5-17;/h1-5H,8,15H2;1H/q+1;/p-1. The first-order valence-electron chi connectivity index (χ1n) is 5.33. The van der Waals surface area contributed by atoms with Gasteiger partial charge < -0.3 is 22.7 Å². The van der Waals surface area contributed by atoms with Crippen molar-refractivity contribution < 1.29 is 26.3 Å². The zero-order chi connectivity index (χ0) is 13.8. The maximum Gasteiger partial charge on any atom is 0.413 e. The van der Waals surface area contributed by atoms with Gasteiger partial charge in [-0.1, -0.05) is 6.07 Å². The summed E-state index contributed by atoms with van der Waals surface area (Å²) >= 11 is 0. The lowest BCUT2D eigenvalue weighted by atomic mass is 10.3. The number of anilines is 1. The van der Waals surface area contributed by atoms with Crippen LogP contribution in [0.4, 0.5) is 5.82 Å². The molecule has 0 spiro atoms. The Bertz CT molecular complexity index is 710. The third kappa shape index (κ3) is 2.82. The van der Waals surface area contributed by atoms with E-state index in [1.165, 1.54) is 4.57 Å². The second-order valence-corrected chi connectivity index (χ2v) is 3.67. The summed E-state index contributed by atoms with van der Waals surface area (Å²) in [5.41, 5.74) is 5.60. The Hall–Kier alpha value is -2.71. The molecule has 7 nitrogen and oxygen atoms in total. The van der Waals surface area contributed by atoms with Crippen molar-refractivity contribution in [3.8, 4) is 12.1 Å². The van der Waals surface area contributed by atoms with Gasteiger partial charge in [0.15, 0.2) is 24.6 Å². The lowest BCUT2D eigenvalue weighted by Crippen LogP contribution is -3.00. The quantitative estimate of drug-likeness (QED) is 0.583. The van der Waals surface area contributed by atoms with E-state index in [4.69, 9.17) is 16.3 Å². The van der Waals surface area contributed by atoms with E-state index in [1.807, 2.05) is 0 Å². The van der Waals surface area contributed by atoms with Crippen molar-refractivity contribution in [1.82, 2.24) is 9.78 Å². The zero-order valence-electron chi connectivity index (χ0n) is 10.2. The van der Waals surface area contributed by atoms with Crippen LogP contribution in [-0.2, 0) is 6.54 Å². The topological polar surface area (TPSA) is 112 Å². The molecule has 2 N–H and O–H groups in total. The molecule has 0 aliphatic rings. The molecule has 0 aliphatic heterocycles. The van der Waals surface area contributed by atoms with Crippen molar-refractivity contribution in [2.24, 2.45) is 0 Å². The highest BCUT2D eigenvalue weighted by molar-refractivity contribution is 5.68. The Balaban J connectivity index is 0.00000200. The van der Waals surface area contributed by atoms with Gasteiger partial charge in [0.05, 0.1) is 0 Å². The molecule has 0 bridgehead atoms. The Morgan fingerprint density at radius 1 is 1.30 bits per heavy atom. The third-order valence-electron chi connectivity index (χ3n) is 2.50. The van der Waals surface area contributed by atoms with Crippen LogP contribution < -0.4 is 27.3 Å². The van der Waals surface area contributed by atoms with Crippen LogP contribution in [0.3, 0.4) is 0 Å². The smallest absolute Gasteiger partial charge is 0.413 e. The van der Waals surface area contributed by atoms with Gasteiger partial charge in [0.2, 0.25) is 0 Å². The molecule has 8 heteroatoms. The van der Waals surface area contributed by atoms with E-state index in [9.17, 15) is 4.79 Å². The number of halogens is 1. The minimum absolute atomic E-state index is 0. The summed E-state index contributed by atoms with van der Waals surface area (Å²) in [4.78, 5) is 11.9. The van der Waals surface area contributed by atoms with Gasteiger partial charge in [0.1, 0.15) is 23.5 Å². The molecule has 20 heavy (non-hydrogen) atoms. The van der Waals surface area contributed by atoms with Gasteiger partial charge in [-0.25, -0.2) is 9.48 Å². The molecule has 0 aromatic carbocycles. The minimum atomic E-state index is -0.274. The van der Waals surface area contributed by atoms with E-state index in [0.29, 0.717) is 0 Å². The fourth-order valence-electron chi connectivity index (χ4n) is 1.56. The van der Waals surface area contributed by atoms with Gasteiger partial charge in [-0.05, 0) is 0 Å². The SMILES string of the molecule is N#Cc1nn(CC(=O)[n+]2ccccc2)c(N)c1C#N.[Br-]. The van der Waals surface area contributed by atoms with E-state index < -0.39 is 0 Å². The van der Waals surface area contributed by atoms with E-state index in [-0.39, 0.29) is 46.5 Å². The third-order valence-corrected chi connectivity index (χ3v) is 2.50. The summed E-state index contributed by atoms with van der Waals surface area (Å²) in [7, 11) is 0. The van der Waals surface area contributed by atoms with Gasteiger partial charge >= 0.3 is 5.91 Å². The van der Waals surface area contributed by atoms with Gasteiger partial charge in [-0.15, -0.1) is 4.57 Å². The molecule has 2 aromatic rings. The Labute approximate surface area is 125 Å². The van der Waals surface area contributed by atoms with Crippen molar-refractivity contribution in [3.05, 3.63) is 41.9 Å². The number of hydrogen-bond acceptors (Lipinski definition) is 5. The Morgan fingerprint density at radius 2 is 1.95 bits per heavy atom. The monoisotopic (exact) mass is 332 g/mol. The van der Waals surface area contributed by atoms with Crippen LogP contribution >= 0.6 is 0 Å². The molecule has 2 aromatic heterocycles. The van der Waals surface area contributed by atoms with Crippen LogP contribution in [0.1, 0.15) is 16.1 Å². The highest BCUT2D eigenvalue weighted by Gasteiger charge is 2.20. The van der Waals surface area contributed by atoms with Crippen molar-refractivity contribution in [1.29, 1.82) is 10.5 Å². The number of rotatable bonds is 2. The summed E-state index contributed by atoms with van der Waals surface area (Å²) in [5, 5.41) is 21.5. The minimum Gasteiger partial charge on any atom is -1.00 e. The second kappa shape index (κ2) is 6.45. The predicted molar refractivity (Wildman–Crippen MR) is 63.3 cm³/mol. The molecule has 0 saturated heterocycles. The molecule has 0 radical (unpaired) electrons. The molecular weight excluding hydrogens is 324 g/mol. The van der Waals surface area contributed by atoms with E-state index in [1.54, 1.807) is 42.7 Å². The summed E-state index contributed by atoms with van der Waals surface area (Å²) in [6.45, 7) is -0.142. The number of carbonyl (C=O) groups is 1. The first-order chi connectivity index (χ1) is 9.17. The molecule has 2 heterocycles. The lowest BCUT2D eigenvalue weighted by molar-refractivity contribution is -0.575. The van der Waals surface area contributed by atoms with Crippen LogP contribution in [0.5, 0.6) is 0 Å². The predicted octanol–water partition coefficient (Wildman–Crippen LogP) is -3.16. The van der Waals surface area contributed by atoms with Crippen molar-refractivity contribution in [3.63, 3.8) is 0 Å². The number of hydrogen-bond donors (Lipinski definition) is 1. The van der Waals surface area contributed by atoms with E-state index >= 15 is 0 Å². The van der Waals surface area contributed by atoms with Gasteiger partial charge in [-0.2, -0.15) is 15.6 Å². The summed E-state index contributed by atoms with van der Waals surface area (Å²) in [5.74, 6) is -0.257. The van der Waals surface area contributed by atoms with Gasteiger partial charge in [0, 0.05) is 12.1 Å². The fourth-order valence-corrected chi connectivity index (χ4v) is 1.56. The number of carbonyl (C=O) groups excluding carboxylic acids is 1. The summed E-state index contributed by atoms with van der Waals surface area (Å²) in [6.07, 6.45) is 3.19.